The highest BCUT2D eigenvalue weighted by molar-refractivity contribution is 6.61. The van der Waals surface area contributed by atoms with Crippen LogP contribution in [0.25, 0.3) is 0 Å². The number of fused-ring (bicyclic) bond motifs is 1. The number of benzene rings is 1. The highest BCUT2D eigenvalue weighted by Gasteiger charge is 2.29. The molecular weight excluding hydrogens is 190 g/mol. The second-order valence-corrected chi connectivity index (χ2v) is 2.86. The molecule has 0 saturated heterocycles. The standard InChI is InChI=1S/C8H6BFO4/c10-7-2-6-5(3-14-9(6)12)1-8(7)13-4-11/h1-2,4,12H,3H2. The maximum atomic E-state index is 13.2. The maximum absolute atomic E-state index is 13.2. The molecule has 2 rings (SSSR count). The smallest absolute Gasteiger partial charge is 0.426 e. The molecule has 72 valence electrons. The lowest BCUT2D eigenvalue weighted by atomic mass is 9.79. The molecule has 0 aliphatic carbocycles. The summed E-state index contributed by atoms with van der Waals surface area (Å²) in [6, 6.07) is 2.45. The van der Waals surface area contributed by atoms with Crippen LogP contribution in [0.15, 0.2) is 12.1 Å². The lowest BCUT2D eigenvalue weighted by Crippen LogP contribution is -2.28. The zero-order valence-electron chi connectivity index (χ0n) is 7.07. The van der Waals surface area contributed by atoms with Gasteiger partial charge in [0.15, 0.2) is 11.6 Å². The summed E-state index contributed by atoms with van der Waals surface area (Å²) in [6.07, 6.45) is 0. The number of ether oxygens (including phenoxy) is 1. The van der Waals surface area contributed by atoms with Gasteiger partial charge in [-0.1, -0.05) is 0 Å². The fourth-order valence-electron chi connectivity index (χ4n) is 1.37. The first-order valence-corrected chi connectivity index (χ1v) is 3.94. The first kappa shape index (κ1) is 9.17. The molecule has 0 bridgehead atoms. The van der Waals surface area contributed by atoms with Gasteiger partial charge in [-0.25, -0.2) is 4.39 Å². The molecule has 0 unspecified atom stereocenters. The van der Waals surface area contributed by atoms with E-state index in [2.05, 4.69) is 4.74 Å². The second kappa shape index (κ2) is 3.40. The van der Waals surface area contributed by atoms with E-state index in [1.807, 2.05) is 0 Å². The van der Waals surface area contributed by atoms with Gasteiger partial charge in [-0.15, -0.1) is 0 Å². The van der Waals surface area contributed by atoms with Gasteiger partial charge in [0.1, 0.15) is 0 Å². The van der Waals surface area contributed by atoms with Crippen molar-refractivity contribution in [1.82, 2.24) is 0 Å². The molecule has 0 aromatic heterocycles. The third-order valence-corrected chi connectivity index (χ3v) is 2.03. The van der Waals surface area contributed by atoms with E-state index in [-0.39, 0.29) is 18.8 Å². The van der Waals surface area contributed by atoms with Crippen LogP contribution in [0.3, 0.4) is 0 Å². The predicted molar refractivity (Wildman–Crippen MR) is 45.5 cm³/mol. The van der Waals surface area contributed by atoms with Gasteiger partial charge in [-0.05, 0) is 23.2 Å². The highest BCUT2D eigenvalue weighted by Crippen LogP contribution is 2.20. The van der Waals surface area contributed by atoms with E-state index < -0.39 is 12.9 Å². The van der Waals surface area contributed by atoms with Gasteiger partial charge in [0.25, 0.3) is 6.47 Å². The van der Waals surface area contributed by atoms with Crippen LogP contribution >= 0.6 is 0 Å². The third-order valence-electron chi connectivity index (χ3n) is 2.03. The summed E-state index contributed by atoms with van der Waals surface area (Å²) in [5, 5.41) is 9.23. The Labute approximate surface area is 79.4 Å². The molecule has 1 N–H and O–H groups in total. The van der Waals surface area contributed by atoms with E-state index in [4.69, 9.17) is 4.65 Å². The van der Waals surface area contributed by atoms with E-state index in [9.17, 15) is 14.2 Å². The van der Waals surface area contributed by atoms with Gasteiger partial charge in [0.05, 0.1) is 6.61 Å². The van der Waals surface area contributed by atoms with Crippen LogP contribution in [0.5, 0.6) is 5.75 Å². The molecule has 1 aliphatic heterocycles. The van der Waals surface area contributed by atoms with Crippen LogP contribution in [-0.4, -0.2) is 18.6 Å². The zero-order chi connectivity index (χ0) is 10.1. The Morgan fingerprint density at radius 3 is 3.14 bits per heavy atom. The molecule has 0 saturated carbocycles. The van der Waals surface area contributed by atoms with Crippen LogP contribution < -0.4 is 10.2 Å². The minimum Gasteiger partial charge on any atom is -0.426 e. The highest BCUT2D eigenvalue weighted by atomic mass is 19.1. The summed E-state index contributed by atoms with van der Waals surface area (Å²) < 4.78 is 22.4. The topological polar surface area (TPSA) is 55.8 Å². The molecule has 1 heterocycles. The number of carbonyl (C=O) groups excluding carboxylic acids is 1. The summed E-state index contributed by atoms with van der Waals surface area (Å²) in [7, 11) is -1.09. The van der Waals surface area contributed by atoms with Gasteiger partial charge >= 0.3 is 7.12 Å². The Bertz CT molecular complexity index is 382. The van der Waals surface area contributed by atoms with Crippen molar-refractivity contribution in [1.29, 1.82) is 0 Å². The molecular formula is C8H6BFO4. The van der Waals surface area contributed by atoms with Crippen molar-refractivity contribution in [2.24, 2.45) is 0 Å². The van der Waals surface area contributed by atoms with Crippen molar-refractivity contribution in [2.45, 2.75) is 6.61 Å². The summed E-state index contributed by atoms with van der Waals surface area (Å²) in [4.78, 5) is 10.0. The largest absolute Gasteiger partial charge is 0.491 e. The lowest BCUT2D eigenvalue weighted by Gasteiger charge is -2.03. The maximum Gasteiger partial charge on any atom is 0.491 e. The van der Waals surface area contributed by atoms with E-state index >= 15 is 0 Å². The molecule has 0 spiro atoms. The Morgan fingerprint density at radius 1 is 1.64 bits per heavy atom. The fraction of sp³-hybridized carbons (Fsp3) is 0.125. The van der Waals surface area contributed by atoms with Crippen LogP contribution in [0.2, 0.25) is 0 Å². The number of carbonyl (C=O) groups is 1. The Morgan fingerprint density at radius 2 is 2.43 bits per heavy atom. The first-order chi connectivity index (χ1) is 6.72. The molecule has 0 amide bonds. The van der Waals surface area contributed by atoms with Crippen molar-refractivity contribution >= 4 is 19.1 Å². The van der Waals surface area contributed by atoms with Gasteiger partial charge in [-0.3, -0.25) is 4.79 Å². The fourth-order valence-corrected chi connectivity index (χ4v) is 1.37. The van der Waals surface area contributed by atoms with E-state index in [1.165, 1.54) is 6.07 Å². The third kappa shape index (κ3) is 1.38. The molecule has 0 fully saturated rings. The normalized spacial score (nSPS) is 14.0. The molecule has 6 heteroatoms. The van der Waals surface area contributed by atoms with Gasteiger partial charge in [0, 0.05) is 0 Å². The average Bonchev–Trinajstić information content (AvgIpc) is 2.50. The van der Waals surface area contributed by atoms with Crippen LogP contribution in [0.1, 0.15) is 5.56 Å². The summed E-state index contributed by atoms with van der Waals surface area (Å²) >= 11 is 0. The summed E-state index contributed by atoms with van der Waals surface area (Å²) in [5.41, 5.74) is 0.997. The molecule has 1 aromatic carbocycles. The number of hydrogen-bond donors (Lipinski definition) is 1. The van der Waals surface area contributed by atoms with Gasteiger partial charge < -0.3 is 14.4 Å². The van der Waals surface area contributed by atoms with Crippen molar-refractivity contribution in [3.05, 3.63) is 23.5 Å². The van der Waals surface area contributed by atoms with E-state index in [0.29, 0.717) is 11.0 Å². The Balaban J connectivity index is 2.44. The minimum absolute atomic E-state index is 0.150. The number of rotatable bonds is 2. The summed E-state index contributed by atoms with van der Waals surface area (Å²) in [5.74, 6) is -0.850. The van der Waals surface area contributed by atoms with Crippen molar-refractivity contribution < 1.29 is 23.6 Å². The minimum atomic E-state index is -1.09. The number of hydrogen-bond acceptors (Lipinski definition) is 4. The SMILES string of the molecule is O=COc1cc2c(cc1F)B(O)OC2. The van der Waals surface area contributed by atoms with E-state index in [1.54, 1.807) is 0 Å². The number of halogens is 1. The molecule has 1 aromatic rings. The van der Waals surface area contributed by atoms with Crippen molar-refractivity contribution in [2.75, 3.05) is 0 Å². The van der Waals surface area contributed by atoms with Gasteiger partial charge in [0.2, 0.25) is 0 Å². The van der Waals surface area contributed by atoms with E-state index in [0.717, 1.165) is 6.07 Å². The average molecular weight is 196 g/mol. The summed E-state index contributed by atoms with van der Waals surface area (Å²) in [6.45, 7) is 0.336. The second-order valence-electron chi connectivity index (χ2n) is 2.86. The van der Waals surface area contributed by atoms with Crippen molar-refractivity contribution in [3.63, 3.8) is 0 Å². The van der Waals surface area contributed by atoms with Crippen LogP contribution in [0.4, 0.5) is 4.39 Å². The predicted octanol–water partition coefficient (Wildman–Crippen LogP) is -0.421. The molecule has 1 aliphatic rings. The van der Waals surface area contributed by atoms with Gasteiger partial charge in [-0.2, -0.15) is 0 Å². The Kier molecular flexibility index (Phi) is 2.22. The molecule has 14 heavy (non-hydrogen) atoms. The molecule has 0 radical (unpaired) electrons. The lowest BCUT2D eigenvalue weighted by molar-refractivity contribution is -0.120. The zero-order valence-corrected chi connectivity index (χ0v) is 7.07. The monoisotopic (exact) mass is 196 g/mol. The Hall–Kier alpha value is -1.40. The molecule has 4 nitrogen and oxygen atoms in total. The van der Waals surface area contributed by atoms with Crippen LogP contribution in [-0.2, 0) is 16.1 Å². The van der Waals surface area contributed by atoms with Crippen molar-refractivity contribution in [3.8, 4) is 5.75 Å². The quantitative estimate of drug-likeness (QED) is 0.515. The molecule has 0 atom stereocenters. The van der Waals surface area contributed by atoms with Crippen LogP contribution in [0, 0.1) is 5.82 Å². The first-order valence-electron chi connectivity index (χ1n) is 3.94.